The Morgan fingerprint density at radius 3 is 2.43 bits per heavy atom. The first-order valence-electron chi connectivity index (χ1n) is 8.44. The molecule has 4 rings (SSSR count). The first-order chi connectivity index (χ1) is 14.2. The van der Waals surface area contributed by atoms with Crippen LogP contribution in [0.1, 0.15) is 10.7 Å². The van der Waals surface area contributed by atoms with Gasteiger partial charge in [-0.15, -0.1) is 0 Å². The van der Waals surface area contributed by atoms with Crippen LogP contribution in [-0.4, -0.2) is 35.3 Å². The molecule has 0 aliphatic rings. The molecule has 1 aromatic heterocycles. The number of non-ortho nitro benzene ring substituents is 1. The zero-order valence-electron chi connectivity index (χ0n) is 15.0. The van der Waals surface area contributed by atoms with E-state index in [1.165, 1.54) is 30.3 Å². The lowest BCUT2D eigenvalue weighted by Gasteiger charge is -2.03. The molecule has 11 heteroatoms. The van der Waals surface area contributed by atoms with Crippen LogP contribution in [0.25, 0.3) is 21.9 Å². The highest BCUT2D eigenvalue weighted by molar-refractivity contribution is 7.86. The van der Waals surface area contributed by atoms with Crippen LogP contribution < -0.4 is 4.74 Å². The monoisotopic (exact) mass is 428 g/mol. The van der Waals surface area contributed by atoms with Crippen molar-refractivity contribution in [1.82, 2.24) is 4.98 Å². The van der Waals surface area contributed by atoms with Gasteiger partial charge in [0, 0.05) is 29.0 Å². The fourth-order valence-corrected chi connectivity index (χ4v) is 3.64. The van der Waals surface area contributed by atoms with E-state index in [1.807, 2.05) is 0 Å². The minimum absolute atomic E-state index is 0.0139. The van der Waals surface area contributed by atoms with Crippen molar-refractivity contribution < 1.29 is 31.8 Å². The highest BCUT2D eigenvalue weighted by Crippen LogP contribution is 2.31. The van der Waals surface area contributed by atoms with Gasteiger partial charge in [0.2, 0.25) is 0 Å². The molecular formula is C19H12N2O8S. The minimum Gasteiger partial charge on any atom is -0.485 e. The van der Waals surface area contributed by atoms with E-state index < -0.39 is 27.4 Å². The second-order valence-electron chi connectivity index (χ2n) is 6.22. The summed E-state index contributed by atoms with van der Waals surface area (Å²) in [7, 11) is -4.53. The third-order valence-electron chi connectivity index (χ3n) is 4.30. The molecule has 0 unspecified atom stereocenters. The van der Waals surface area contributed by atoms with Crippen molar-refractivity contribution in [2.24, 2.45) is 0 Å². The van der Waals surface area contributed by atoms with Crippen molar-refractivity contribution in [2.75, 3.05) is 6.61 Å². The van der Waals surface area contributed by atoms with Crippen LogP contribution in [0.3, 0.4) is 0 Å². The molecule has 0 saturated carbocycles. The second-order valence-corrected chi connectivity index (χ2v) is 7.61. The van der Waals surface area contributed by atoms with Gasteiger partial charge in [0.15, 0.2) is 12.2 Å². The summed E-state index contributed by atoms with van der Waals surface area (Å²) in [6, 6.07) is 12.6. The van der Waals surface area contributed by atoms with E-state index in [9.17, 15) is 27.9 Å². The van der Waals surface area contributed by atoms with Crippen molar-refractivity contribution in [3.8, 4) is 5.75 Å². The van der Waals surface area contributed by atoms with Gasteiger partial charge >= 0.3 is 0 Å². The first kappa shape index (κ1) is 19.5. The smallest absolute Gasteiger partial charge is 0.295 e. The molecule has 152 valence electrons. The Morgan fingerprint density at radius 1 is 1.13 bits per heavy atom. The van der Waals surface area contributed by atoms with Gasteiger partial charge in [-0.25, -0.2) is 4.98 Å². The molecular weight excluding hydrogens is 416 g/mol. The predicted molar refractivity (Wildman–Crippen MR) is 104 cm³/mol. The van der Waals surface area contributed by atoms with E-state index in [4.69, 9.17) is 9.15 Å². The zero-order chi connectivity index (χ0) is 21.5. The van der Waals surface area contributed by atoms with E-state index in [-0.39, 0.29) is 38.7 Å². The lowest BCUT2D eigenvalue weighted by molar-refractivity contribution is -0.384. The highest BCUT2D eigenvalue weighted by atomic mass is 32.2. The third-order valence-corrected chi connectivity index (χ3v) is 5.19. The SMILES string of the molecule is O=C(COc1ccc([N+](=O)[O-])cc1)c1nc2c(cc(S(=O)(=O)O)c3ccccc32)o1. The van der Waals surface area contributed by atoms with E-state index >= 15 is 0 Å². The number of oxazole rings is 1. The number of hydrogen-bond acceptors (Lipinski definition) is 8. The number of nitro groups is 1. The number of ketones is 1. The molecule has 0 aliphatic heterocycles. The maximum atomic E-state index is 12.4. The molecule has 3 aromatic carbocycles. The molecule has 0 saturated heterocycles. The summed E-state index contributed by atoms with van der Waals surface area (Å²) < 4.78 is 43.7. The van der Waals surface area contributed by atoms with Crippen molar-refractivity contribution in [2.45, 2.75) is 4.90 Å². The van der Waals surface area contributed by atoms with Crippen molar-refractivity contribution in [3.63, 3.8) is 0 Å². The fourth-order valence-electron chi connectivity index (χ4n) is 2.93. The molecule has 0 spiro atoms. The molecule has 1 heterocycles. The Morgan fingerprint density at radius 2 is 1.80 bits per heavy atom. The Balaban J connectivity index is 1.65. The van der Waals surface area contributed by atoms with Crippen LogP contribution in [0.15, 0.2) is 63.9 Å². The molecule has 10 nitrogen and oxygen atoms in total. The van der Waals surface area contributed by atoms with Crippen LogP contribution in [0.4, 0.5) is 5.69 Å². The maximum absolute atomic E-state index is 12.4. The summed E-state index contributed by atoms with van der Waals surface area (Å²) in [6.45, 7) is -0.451. The number of nitro benzene ring substituents is 1. The number of Topliss-reactive ketones (excluding diaryl/α,β-unsaturated/α-hetero) is 1. The lowest BCUT2D eigenvalue weighted by Crippen LogP contribution is -2.11. The van der Waals surface area contributed by atoms with Crippen LogP contribution in [0.2, 0.25) is 0 Å². The molecule has 0 radical (unpaired) electrons. The lowest BCUT2D eigenvalue weighted by atomic mass is 10.1. The zero-order valence-corrected chi connectivity index (χ0v) is 15.8. The normalized spacial score (nSPS) is 11.6. The molecule has 30 heavy (non-hydrogen) atoms. The van der Waals surface area contributed by atoms with Gasteiger partial charge in [-0.1, -0.05) is 24.3 Å². The van der Waals surface area contributed by atoms with Crippen LogP contribution in [0, 0.1) is 10.1 Å². The molecule has 0 atom stereocenters. The second kappa shape index (κ2) is 7.21. The van der Waals surface area contributed by atoms with Crippen LogP contribution in [0.5, 0.6) is 5.75 Å². The minimum atomic E-state index is -4.53. The molecule has 4 aromatic rings. The summed E-state index contributed by atoms with van der Waals surface area (Å²) in [5.41, 5.74) is 0.158. The summed E-state index contributed by atoms with van der Waals surface area (Å²) in [4.78, 5) is 26.3. The number of nitrogens with zero attached hydrogens (tertiary/aromatic N) is 2. The van der Waals surface area contributed by atoms with Crippen molar-refractivity contribution >= 4 is 43.5 Å². The van der Waals surface area contributed by atoms with Gasteiger partial charge < -0.3 is 9.15 Å². The van der Waals surface area contributed by atoms with Crippen LogP contribution >= 0.6 is 0 Å². The number of carbonyl (C=O) groups is 1. The van der Waals surface area contributed by atoms with E-state index in [2.05, 4.69) is 4.98 Å². The molecule has 0 aliphatic carbocycles. The Hall–Kier alpha value is -3.83. The maximum Gasteiger partial charge on any atom is 0.295 e. The van der Waals surface area contributed by atoms with Crippen LogP contribution in [-0.2, 0) is 10.1 Å². The Bertz CT molecular complexity index is 1410. The van der Waals surface area contributed by atoms with Gasteiger partial charge in [-0.05, 0) is 12.1 Å². The largest absolute Gasteiger partial charge is 0.485 e. The number of hydrogen-bond donors (Lipinski definition) is 1. The van der Waals surface area contributed by atoms with Gasteiger partial charge in [-0.3, -0.25) is 19.5 Å². The van der Waals surface area contributed by atoms with Gasteiger partial charge in [-0.2, -0.15) is 8.42 Å². The molecule has 1 N–H and O–H groups in total. The topological polar surface area (TPSA) is 150 Å². The molecule has 0 amide bonds. The number of fused-ring (bicyclic) bond motifs is 3. The summed E-state index contributed by atoms with van der Waals surface area (Å²) in [6.07, 6.45) is 0. The van der Waals surface area contributed by atoms with E-state index in [0.717, 1.165) is 6.07 Å². The third kappa shape index (κ3) is 3.58. The Kier molecular flexibility index (Phi) is 4.68. The summed E-state index contributed by atoms with van der Waals surface area (Å²) >= 11 is 0. The predicted octanol–water partition coefficient (Wildman–Crippen LogP) is 3.40. The summed E-state index contributed by atoms with van der Waals surface area (Å²) in [5, 5.41) is 11.3. The number of rotatable bonds is 6. The van der Waals surface area contributed by atoms with Crippen molar-refractivity contribution in [1.29, 1.82) is 0 Å². The highest BCUT2D eigenvalue weighted by Gasteiger charge is 2.22. The number of carbonyl (C=O) groups excluding carboxylic acids is 1. The quantitative estimate of drug-likeness (QED) is 0.211. The van der Waals surface area contributed by atoms with Crippen molar-refractivity contribution in [3.05, 3.63) is 70.6 Å². The van der Waals surface area contributed by atoms with Gasteiger partial charge in [0.1, 0.15) is 16.2 Å². The van der Waals surface area contributed by atoms with E-state index in [1.54, 1.807) is 18.2 Å². The Labute approximate surface area is 168 Å². The number of ether oxygens (including phenoxy) is 1. The average Bonchev–Trinajstić information content (AvgIpc) is 3.15. The van der Waals surface area contributed by atoms with Gasteiger partial charge in [0.25, 0.3) is 27.5 Å². The number of aromatic nitrogens is 1. The van der Waals surface area contributed by atoms with Gasteiger partial charge in [0.05, 0.1) is 4.92 Å². The first-order valence-corrected chi connectivity index (χ1v) is 9.88. The number of benzene rings is 3. The van der Waals surface area contributed by atoms with E-state index in [0.29, 0.717) is 5.39 Å². The fraction of sp³-hybridized carbons (Fsp3) is 0.0526. The molecule has 0 bridgehead atoms. The standard InChI is InChI=1S/C19H12N2O8S/c22-15(10-28-12-7-5-11(6-8-12)21(23)24)19-20-18-14-4-2-1-3-13(14)17(30(25,26)27)9-16(18)29-19/h1-9H,10H2,(H,25,26,27). The average molecular weight is 428 g/mol. The molecule has 0 fully saturated rings. The summed E-state index contributed by atoms with van der Waals surface area (Å²) in [5.74, 6) is -0.684.